The van der Waals surface area contributed by atoms with Crippen LogP contribution < -0.4 is 0 Å². The summed E-state index contributed by atoms with van der Waals surface area (Å²) >= 11 is 0. The molecule has 1 amide bonds. The van der Waals surface area contributed by atoms with E-state index in [1.165, 1.54) is 4.90 Å². The molecule has 1 atom stereocenters. The summed E-state index contributed by atoms with van der Waals surface area (Å²) in [6.45, 7) is 1.82. The van der Waals surface area contributed by atoms with Crippen molar-refractivity contribution < 1.29 is 18.3 Å². The first-order valence-corrected chi connectivity index (χ1v) is 6.88. The van der Waals surface area contributed by atoms with E-state index < -0.39 is 15.9 Å². The molecule has 1 unspecified atom stereocenters. The van der Waals surface area contributed by atoms with Crippen LogP contribution in [-0.2, 0) is 14.6 Å². The van der Waals surface area contributed by atoms with Gasteiger partial charge in [0.25, 0.3) is 0 Å². The van der Waals surface area contributed by atoms with Gasteiger partial charge >= 0.3 is 0 Å². The zero-order valence-corrected chi connectivity index (χ0v) is 10.2. The Labute approximate surface area is 91.0 Å². The van der Waals surface area contributed by atoms with Crippen molar-refractivity contribution in [3.63, 3.8) is 0 Å². The summed E-state index contributed by atoms with van der Waals surface area (Å²) in [5.41, 5.74) is 0. The average molecular weight is 237 g/mol. The highest BCUT2D eigenvalue weighted by Gasteiger charge is 2.12. The van der Waals surface area contributed by atoms with Crippen LogP contribution in [0.3, 0.4) is 0 Å². The van der Waals surface area contributed by atoms with Gasteiger partial charge in [-0.05, 0) is 13.3 Å². The number of nitrogens with zero attached hydrogens (tertiary/aromatic N) is 1. The number of aliphatic hydroxyl groups is 1. The Morgan fingerprint density at radius 3 is 2.40 bits per heavy atom. The quantitative estimate of drug-likeness (QED) is 0.685. The minimum Gasteiger partial charge on any atom is -0.393 e. The van der Waals surface area contributed by atoms with Crippen LogP contribution in [0.5, 0.6) is 0 Å². The monoisotopic (exact) mass is 237 g/mol. The topological polar surface area (TPSA) is 74.7 Å². The first-order chi connectivity index (χ1) is 6.72. The third-order valence-corrected chi connectivity index (χ3v) is 2.92. The van der Waals surface area contributed by atoms with Crippen molar-refractivity contribution in [3.8, 4) is 0 Å². The lowest BCUT2D eigenvalue weighted by Gasteiger charge is -2.16. The summed E-state index contributed by atoms with van der Waals surface area (Å²) in [4.78, 5) is 12.8. The molecule has 0 heterocycles. The summed E-state index contributed by atoms with van der Waals surface area (Å²) in [5.74, 6) is -0.163. The van der Waals surface area contributed by atoms with Crippen molar-refractivity contribution in [2.45, 2.75) is 25.9 Å². The van der Waals surface area contributed by atoms with Crippen LogP contribution in [0.15, 0.2) is 0 Å². The lowest BCUT2D eigenvalue weighted by atomic mass is 10.2. The molecule has 15 heavy (non-hydrogen) atoms. The molecule has 0 aromatic rings. The highest BCUT2D eigenvalue weighted by atomic mass is 32.2. The van der Waals surface area contributed by atoms with Gasteiger partial charge in [-0.15, -0.1) is 0 Å². The Bertz CT molecular complexity index is 297. The van der Waals surface area contributed by atoms with Crippen molar-refractivity contribution in [1.29, 1.82) is 0 Å². The number of amides is 1. The number of carbonyl (C=O) groups is 1. The number of sulfone groups is 1. The molecule has 6 heteroatoms. The first-order valence-electron chi connectivity index (χ1n) is 4.82. The van der Waals surface area contributed by atoms with Gasteiger partial charge in [0.15, 0.2) is 0 Å². The molecule has 0 aromatic carbocycles. The zero-order valence-electron chi connectivity index (χ0n) is 9.43. The van der Waals surface area contributed by atoms with Gasteiger partial charge in [-0.25, -0.2) is 8.42 Å². The van der Waals surface area contributed by atoms with Crippen LogP contribution in [0.4, 0.5) is 0 Å². The van der Waals surface area contributed by atoms with Crippen molar-refractivity contribution in [2.75, 3.05) is 25.6 Å². The van der Waals surface area contributed by atoms with Crippen LogP contribution in [0.25, 0.3) is 0 Å². The van der Waals surface area contributed by atoms with Crippen LogP contribution in [0.2, 0.25) is 0 Å². The SMILES string of the molecule is CC(O)CCC(=O)N(C)CCS(C)(=O)=O. The molecule has 0 radical (unpaired) electrons. The molecule has 0 saturated carbocycles. The minimum absolute atomic E-state index is 0.0239. The maximum absolute atomic E-state index is 11.4. The molecule has 0 aliphatic heterocycles. The van der Waals surface area contributed by atoms with E-state index in [4.69, 9.17) is 5.11 Å². The van der Waals surface area contributed by atoms with Gasteiger partial charge in [0.1, 0.15) is 9.84 Å². The number of hydrogen-bond donors (Lipinski definition) is 1. The second kappa shape index (κ2) is 6.07. The fourth-order valence-electron chi connectivity index (χ4n) is 0.951. The Balaban J connectivity index is 3.90. The van der Waals surface area contributed by atoms with E-state index in [-0.39, 0.29) is 24.6 Å². The van der Waals surface area contributed by atoms with E-state index in [9.17, 15) is 13.2 Å². The molecule has 0 aromatic heterocycles. The molecular formula is C9H19NO4S. The fourth-order valence-corrected chi connectivity index (χ4v) is 1.56. The van der Waals surface area contributed by atoms with E-state index in [0.717, 1.165) is 6.26 Å². The van der Waals surface area contributed by atoms with E-state index >= 15 is 0 Å². The minimum atomic E-state index is -3.03. The maximum atomic E-state index is 11.4. The molecule has 0 saturated heterocycles. The Morgan fingerprint density at radius 2 is 2.00 bits per heavy atom. The lowest BCUT2D eigenvalue weighted by Crippen LogP contribution is -2.31. The molecule has 0 aliphatic rings. The number of aliphatic hydroxyl groups excluding tert-OH is 1. The van der Waals surface area contributed by atoms with E-state index in [0.29, 0.717) is 6.42 Å². The van der Waals surface area contributed by atoms with E-state index in [1.54, 1.807) is 14.0 Å². The summed E-state index contributed by atoms with van der Waals surface area (Å²) in [7, 11) is -1.46. The number of carbonyl (C=O) groups excluding carboxylic acids is 1. The van der Waals surface area contributed by atoms with Crippen LogP contribution in [-0.4, -0.2) is 56.0 Å². The normalized spacial score (nSPS) is 13.6. The molecule has 0 aliphatic carbocycles. The van der Waals surface area contributed by atoms with Crippen molar-refractivity contribution >= 4 is 15.7 Å². The molecule has 90 valence electrons. The predicted octanol–water partition coefficient (Wildman–Crippen LogP) is -0.350. The summed E-state index contributed by atoms with van der Waals surface area (Å²) in [6, 6.07) is 0. The first kappa shape index (κ1) is 14.4. The molecule has 1 N–H and O–H groups in total. The highest BCUT2D eigenvalue weighted by molar-refractivity contribution is 7.90. The zero-order chi connectivity index (χ0) is 12.1. The van der Waals surface area contributed by atoms with Gasteiger partial charge in [0, 0.05) is 26.3 Å². The summed E-state index contributed by atoms with van der Waals surface area (Å²) in [6.07, 6.45) is 1.29. The van der Waals surface area contributed by atoms with Gasteiger partial charge in [0.05, 0.1) is 11.9 Å². The Hall–Kier alpha value is -0.620. The van der Waals surface area contributed by atoms with Gasteiger partial charge in [-0.1, -0.05) is 0 Å². The van der Waals surface area contributed by atoms with Gasteiger partial charge in [-0.3, -0.25) is 4.79 Å². The van der Waals surface area contributed by atoms with E-state index in [1.807, 2.05) is 0 Å². The molecule has 0 bridgehead atoms. The molecule has 0 rings (SSSR count). The predicted molar refractivity (Wildman–Crippen MR) is 58.3 cm³/mol. The summed E-state index contributed by atoms with van der Waals surface area (Å²) < 4.78 is 21.7. The number of rotatable bonds is 6. The largest absolute Gasteiger partial charge is 0.393 e. The number of hydrogen-bond acceptors (Lipinski definition) is 4. The van der Waals surface area contributed by atoms with Gasteiger partial charge < -0.3 is 10.0 Å². The molecule has 0 spiro atoms. The van der Waals surface area contributed by atoms with E-state index in [2.05, 4.69) is 0 Å². The Morgan fingerprint density at radius 1 is 1.47 bits per heavy atom. The highest BCUT2D eigenvalue weighted by Crippen LogP contribution is 2.00. The molecule has 0 fully saturated rings. The lowest BCUT2D eigenvalue weighted by molar-refractivity contribution is -0.130. The van der Waals surface area contributed by atoms with Crippen LogP contribution in [0.1, 0.15) is 19.8 Å². The van der Waals surface area contributed by atoms with Crippen LogP contribution >= 0.6 is 0 Å². The van der Waals surface area contributed by atoms with Gasteiger partial charge in [0.2, 0.25) is 5.91 Å². The van der Waals surface area contributed by atoms with Gasteiger partial charge in [-0.2, -0.15) is 0 Å². The van der Waals surface area contributed by atoms with Crippen molar-refractivity contribution in [1.82, 2.24) is 4.90 Å². The standard InChI is InChI=1S/C9H19NO4S/c1-8(11)4-5-9(12)10(2)6-7-15(3,13)14/h8,11H,4-7H2,1-3H3. The second-order valence-corrected chi connectivity index (χ2v) is 6.09. The summed E-state index contributed by atoms with van der Waals surface area (Å²) in [5, 5.41) is 8.98. The third-order valence-electron chi connectivity index (χ3n) is 2.00. The average Bonchev–Trinajstić information content (AvgIpc) is 2.08. The molecular weight excluding hydrogens is 218 g/mol. The van der Waals surface area contributed by atoms with Crippen molar-refractivity contribution in [3.05, 3.63) is 0 Å². The second-order valence-electron chi connectivity index (χ2n) is 3.83. The fraction of sp³-hybridized carbons (Fsp3) is 0.889. The van der Waals surface area contributed by atoms with Crippen LogP contribution in [0, 0.1) is 0 Å². The third kappa shape index (κ3) is 8.38. The smallest absolute Gasteiger partial charge is 0.222 e. The molecule has 5 nitrogen and oxygen atoms in total. The maximum Gasteiger partial charge on any atom is 0.222 e. The van der Waals surface area contributed by atoms with Crippen molar-refractivity contribution in [2.24, 2.45) is 0 Å². The Kier molecular flexibility index (Phi) is 5.82.